The summed E-state index contributed by atoms with van der Waals surface area (Å²) >= 11 is 0. The number of carbonyl (C=O) groups excluding carboxylic acids is 1. The van der Waals surface area contributed by atoms with Gasteiger partial charge in [0.05, 0.1) is 6.61 Å². The van der Waals surface area contributed by atoms with E-state index in [0.29, 0.717) is 13.2 Å². The Balaban J connectivity index is 1.95. The second-order valence-electron chi connectivity index (χ2n) is 5.08. The first-order valence-corrected chi connectivity index (χ1v) is 6.95. The zero-order valence-electron chi connectivity index (χ0n) is 11.7. The summed E-state index contributed by atoms with van der Waals surface area (Å²) in [5, 5.41) is 5.60. The van der Waals surface area contributed by atoms with Gasteiger partial charge < -0.3 is 20.3 Å². The van der Waals surface area contributed by atoms with E-state index in [0.717, 1.165) is 25.4 Å². The van der Waals surface area contributed by atoms with Crippen LogP contribution in [-0.4, -0.2) is 57.4 Å². The van der Waals surface area contributed by atoms with Gasteiger partial charge in [-0.1, -0.05) is 6.92 Å². The molecule has 0 aromatic carbocycles. The van der Waals surface area contributed by atoms with Gasteiger partial charge in [-0.3, -0.25) is 0 Å². The van der Waals surface area contributed by atoms with Crippen molar-refractivity contribution in [1.29, 1.82) is 0 Å². The SMILES string of the molecule is COCCNC(=O)NCCCN1CCCC(C)C1. The highest BCUT2D eigenvalue weighted by atomic mass is 16.5. The monoisotopic (exact) mass is 257 g/mol. The number of methoxy groups -OCH3 is 1. The van der Waals surface area contributed by atoms with Gasteiger partial charge in [-0.2, -0.15) is 0 Å². The third kappa shape index (κ3) is 6.81. The van der Waals surface area contributed by atoms with Crippen molar-refractivity contribution in [3.8, 4) is 0 Å². The molecule has 1 heterocycles. The van der Waals surface area contributed by atoms with Crippen molar-refractivity contribution in [2.45, 2.75) is 26.2 Å². The van der Waals surface area contributed by atoms with E-state index in [2.05, 4.69) is 22.5 Å². The third-order valence-electron chi connectivity index (χ3n) is 3.27. The molecule has 1 rings (SSSR count). The van der Waals surface area contributed by atoms with E-state index < -0.39 is 0 Å². The highest BCUT2D eigenvalue weighted by Crippen LogP contribution is 2.15. The summed E-state index contributed by atoms with van der Waals surface area (Å²) in [7, 11) is 1.62. The van der Waals surface area contributed by atoms with E-state index in [-0.39, 0.29) is 6.03 Å². The molecule has 0 radical (unpaired) electrons. The average Bonchev–Trinajstić information content (AvgIpc) is 2.35. The van der Waals surface area contributed by atoms with Crippen LogP contribution in [0.2, 0.25) is 0 Å². The highest BCUT2D eigenvalue weighted by Gasteiger charge is 2.15. The topological polar surface area (TPSA) is 53.6 Å². The molecule has 5 heteroatoms. The number of hydrogen-bond donors (Lipinski definition) is 2. The minimum Gasteiger partial charge on any atom is -0.383 e. The predicted octanol–water partition coefficient (Wildman–Crippen LogP) is 1.05. The number of carbonyl (C=O) groups is 1. The van der Waals surface area contributed by atoms with Crippen LogP contribution in [0.4, 0.5) is 4.79 Å². The maximum Gasteiger partial charge on any atom is 0.314 e. The Bertz CT molecular complexity index is 236. The van der Waals surface area contributed by atoms with Gasteiger partial charge in [0.25, 0.3) is 0 Å². The van der Waals surface area contributed by atoms with Gasteiger partial charge in [-0.05, 0) is 38.3 Å². The zero-order chi connectivity index (χ0) is 13.2. The quantitative estimate of drug-likeness (QED) is 0.670. The zero-order valence-corrected chi connectivity index (χ0v) is 11.7. The number of ether oxygens (including phenoxy) is 1. The maximum absolute atomic E-state index is 11.3. The molecule has 0 bridgehead atoms. The second kappa shape index (κ2) is 9.16. The fraction of sp³-hybridized carbons (Fsp3) is 0.923. The normalized spacial score (nSPS) is 20.7. The van der Waals surface area contributed by atoms with Crippen LogP contribution in [0, 0.1) is 5.92 Å². The van der Waals surface area contributed by atoms with Crippen LogP contribution in [0.5, 0.6) is 0 Å². The van der Waals surface area contributed by atoms with Crippen LogP contribution >= 0.6 is 0 Å². The first-order chi connectivity index (χ1) is 8.72. The van der Waals surface area contributed by atoms with Crippen molar-refractivity contribution in [1.82, 2.24) is 15.5 Å². The number of piperidine rings is 1. The van der Waals surface area contributed by atoms with Crippen LogP contribution < -0.4 is 10.6 Å². The van der Waals surface area contributed by atoms with Gasteiger partial charge in [0, 0.05) is 26.7 Å². The minimum absolute atomic E-state index is 0.0981. The van der Waals surface area contributed by atoms with E-state index >= 15 is 0 Å². The number of urea groups is 1. The molecule has 106 valence electrons. The molecule has 1 fully saturated rings. The number of hydrogen-bond acceptors (Lipinski definition) is 3. The lowest BCUT2D eigenvalue weighted by Gasteiger charge is -2.30. The van der Waals surface area contributed by atoms with Crippen LogP contribution in [0.3, 0.4) is 0 Å². The fourth-order valence-electron chi connectivity index (χ4n) is 2.32. The van der Waals surface area contributed by atoms with E-state index in [1.807, 2.05) is 0 Å². The Hall–Kier alpha value is -0.810. The first kappa shape index (κ1) is 15.2. The molecule has 1 unspecified atom stereocenters. The van der Waals surface area contributed by atoms with Crippen LogP contribution in [-0.2, 0) is 4.74 Å². The Kier molecular flexibility index (Phi) is 7.76. The Morgan fingerprint density at radius 2 is 2.17 bits per heavy atom. The van der Waals surface area contributed by atoms with Gasteiger partial charge in [-0.15, -0.1) is 0 Å². The third-order valence-corrected chi connectivity index (χ3v) is 3.27. The molecule has 18 heavy (non-hydrogen) atoms. The molecular formula is C13H27N3O2. The minimum atomic E-state index is -0.0981. The van der Waals surface area contributed by atoms with Crippen molar-refractivity contribution < 1.29 is 9.53 Å². The number of rotatable bonds is 7. The first-order valence-electron chi connectivity index (χ1n) is 6.95. The fourth-order valence-corrected chi connectivity index (χ4v) is 2.32. The van der Waals surface area contributed by atoms with E-state index in [1.165, 1.54) is 25.9 Å². The standard InChI is InChI=1S/C13H27N3O2/c1-12-5-3-8-16(11-12)9-4-6-14-13(17)15-7-10-18-2/h12H,3-11H2,1-2H3,(H2,14,15,17). The van der Waals surface area contributed by atoms with Gasteiger partial charge >= 0.3 is 6.03 Å². The highest BCUT2D eigenvalue weighted by molar-refractivity contribution is 5.73. The summed E-state index contributed by atoms with van der Waals surface area (Å²) < 4.78 is 4.86. The van der Waals surface area contributed by atoms with Crippen molar-refractivity contribution in [3.05, 3.63) is 0 Å². The van der Waals surface area contributed by atoms with Crippen molar-refractivity contribution in [2.75, 3.05) is 46.4 Å². The Labute approximate surface area is 110 Å². The number of nitrogens with one attached hydrogen (secondary N) is 2. The Morgan fingerprint density at radius 1 is 1.39 bits per heavy atom. The Morgan fingerprint density at radius 3 is 2.89 bits per heavy atom. The lowest BCUT2D eigenvalue weighted by molar-refractivity contribution is 0.181. The summed E-state index contributed by atoms with van der Waals surface area (Å²) in [6.07, 6.45) is 3.69. The molecular weight excluding hydrogens is 230 g/mol. The molecule has 0 aliphatic carbocycles. The summed E-state index contributed by atoms with van der Waals surface area (Å²) in [5.74, 6) is 0.823. The molecule has 0 aromatic heterocycles. The van der Waals surface area contributed by atoms with E-state index in [4.69, 9.17) is 4.74 Å². The molecule has 0 saturated carbocycles. The van der Waals surface area contributed by atoms with Gasteiger partial charge in [0.15, 0.2) is 0 Å². The summed E-state index contributed by atoms with van der Waals surface area (Å²) in [4.78, 5) is 13.8. The summed E-state index contributed by atoms with van der Waals surface area (Å²) in [6.45, 7) is 7.68. The molecule has 1 atom stereocenters. The van der Waals surface area contributed by atoms with E-state index in [9.17, 15) is 4.79 Å². The molecule has 2 amide bonds. The van der Waals surface area contributed by atoms with Crippen LogP contribution in [0.25, 0.3) is 0 Å². The van der Waals surface area contributed by atoms with E-state index in [1.54, 1.807) is 7.11 Å². The van der Waals surface area contributed by atoms with Gasteiger partial charge in [0.1, 0.15) is 0 Å². The summed E-state index contributed by atoms with van der Waals surface area (Å²) in [6, 6.07) is -0.0981. The number of nitrogens with zero attached hydrogens (tertiary/aromatic N) is 1. The smallest absolute Gasteiger partial charge is 0.314 e. The largest absolute Gasteiger partial charge is 0.383 e. The van der Waals surface area contributed by atoms with Crippen molar-refractivity contribution in [2.24, 2.45) is 5.92 Å². The van der Waals surface area contributed by atoms with Gasteiger partial charge in [-0.25, -0.2) is 4.79 Å². The second-order valence-corrected chi connectivity index (χ2v) is 5.08. The molecule has 1 aliphatic heterocycles. The van der Waals surface area contributed by atoms with Crippen molar-refractivity contribution >= 4 is 6.03 Å². The lowest BCUT2D eigenvalue weighted by Crippen LogP contribution is -2.40. The average molecular weight is 257 g/mol. The molecule has 1 aliphatic rings. The molecule has 5 nitrogen and oxygen atoms in total. The molecule has 1 saturated heterocycles. The van der Waals surface area contributed by atoms with Crippen LogP contribution in [0.1, 0.15) is 26.2 Å². The molecule has 0 aromatic rings. The predicted molar refractivity (Wildman–Crippen MR) is 72.7 cm³/mol. The molecule has 0 spiro atoms. The number of amides is 2. The van der Waals surface area contributed by atoms with Crippen molar-refractivity contribution in [3.63, 3.8) is 0 Å². The molecule has 2 N–H and O–H groups in total. The maximum atomic E-state index is 11.3. The van der Waals surface area contributed by atoms with Gasteiger partial charge in [0.2, 0.25) is 0 Å². The lowest BCUT2D eigenvalue weighted by atomic mass is 10.0. The number of likely N-dealkylation sites (tertiary alicyclic amines) is 1. The van der Waals surface area contributed by atoms with Crippen LogP contribution in [0.15, 0.2) is 0 Å². The summed E-state index contributed by atoms with van der Waals surface area (Å²) in [5.41, 5.74) is 0.